The third-order valence-corrected chi connectivity index (χ3v) is 3.75. The molecule has 0 atom stereocenters. The van der Waals surface area contributed by atoms with Crippen molar-refractivity contribution in [2.24, 2.45) is 0 Å². The lowest BCUT2D eigenvalue weighted by Crippen LogP contribution is -2.09. The molecule has 2 N–H and O–H groups in total. The van der Waals surface area contributed by atoms with E-state index in [1.165, 1.54) is 0 Å². The van der Waals surface area contributed by atoms with E-state index in [-0.39, 0.29) is 12.8 Å². The number of rotatable bonds is 8. The topological polar surface area (TPSA) is 74.6 Å². The van der Waals surface area contributed by atoms with Crippen molar-refractivity contribution in [3.05, 3.63) is 82.9 Å². The molecule has 0 aliphatic heterocycles. The first-order chi connectivity index (χ1) is 11.5. The lowest BCUT2D eigenvalue weighted by molar-refractivity contribution is -0.136. The van der Waals surface area contributed by atoms with Crippen LogP contribution in [0.4, 0.5) is 0 Å². The number of carboxylic acids is 2. The van der Waals surface area contributed by atoms with Crippen LogP contribution in [0.25, 0.3) is 0 Å². The molecule has 24 heavy (non-hydrogen) atoms. The Balaban J connectivity index is 2.38. The number of hydrogen-bond donors (Lipinski definition) is 2. The average molecular weight is 324 g/mol. The molecule has 0 radical (unpaired) electrons. The molecule has 0 aromatic heterocycles. The average Bonchev–Trinajstić information content (AvgIpc) is 2.55. The number of carbonyl (C=O) groups is 2. The summed E-state index contributed by atoms with van der Waals surface area (Å²) in [6.45, 7) is 0. The van der Waals surface area contributed by atoms with E-state index in [2.05, 4.69) is 0 Å². The normalized spacial score (nSPS) is 10.2. The van der Waals surface area contributed by atoms with E-state index in [0.717, 1.165) is 16.7 Å². The molecule has 0 spiro atoms. The third kappa shape index (κ3) is 5.72. The van der Waals surface area contributed by atoms with Crippen molar-refractivity contribution in [1.29, 1.82) is 0 Å². The Labute approximate surface area is 141 Å². The molecule has 0 aliphatic rings. The van der Waals surface area contributed by atoms with Gasteiger partial charge in [0.25, 0.3) is 0 Å². The van der Waals surface area contributed by atoms with E-state index in [9.17, 15) is 9.59 Å². The molecule has 4 heteroatoms. The summed E-state index contributed by atoms with van der Waals surface area (Å²) < 4.78 is 0. The Hall–Kier alpha value is -2.88. The van der Waals surface area contributed by atoms with Crippen LogP contribution in [-0.4, -0.2) is 22.2 Å². The molecular formula is C20H20O4. The molecule has 0 fully saturated rings. The number of hydrogen-bond acceptors (Lipinski definition) is 2. The van der Waals surface area contributed by atoms with Gasteiger partial charge in [-0.2, -0.15) is 0 Å². The maximum absolute atomic E-state index is 11.2. The molecule has 0 saturated carbocycles. The predicted molar refractivity (Wildman–Crippen MR) is 91.8 cm³/mol. The van der Waals surface area contributed by atoms with Gasteiger partial charge in [-0.15, -0.1) is 0 Å². The SMILES string of the molecule is O=C(O)CC(CC(=O)O)=C(Cc1ccccc1)Cc1ccccc1. The zero-order valence-corrected chi connectivity index (χ0v) is 13.3. The maximum Gasteiger partial charge on any atom is 0.307 e. The highest BCUT2D eigenvalue weighted by atomic mass is 16.4. The van der Waals surface area contributed by atoms with Crippen LogP contribution in [0.15, 0.2) is 71.8 Å². The fraction of sp³-hybridized carbons (Fsp3) is 0.200. The molecule has 0 amide bonds. The van der Waals surface area contributed by atoms with Crippen LogP contribution in [0.1, 0.15) is 24.0 Å². The third-order valence-electron chi connectivity index (χ3n) is 3.75. The minimum absolute atomic E-state index is 0.249. The van der Waals surface area contributed by atoms with Crippen LogP contribution in [0.3, 0.4) is 0 Å². The molecule has 0 saturated heterocycles. The number of allylic oxidation sites excluding steroid dienone is 1. The highest BCUT2D eigenvalue weighted by molar-refractivity contribution is 5.76. The summed E-state index contributed by atoms with van der Waals surface area (Å²) in [7, 11) is 0. The smallest absolute Gasteiger partial charge is 0.307 e. The Kier molecular flexibility index (Phi) is 6.32. The summed E-state index contributed by atoms with van der Waals surface area (Å²) in [5, 5.41) is 18.3. The fourth-order valence-electron chi connectivity index (χ4n) is 2.67. The summed E-state index contributed by atoms with van der Waals surface area (Å²) in [6, 6.07) is 19.4. The van der Waals surface area contributed by atoms with Crippen molar-refractivity contribution in [2.45, 2.75) is 25.7 Å². The van der Waals surface area contributed by atoms with Crippen molar-refractivity contribution in [1.82, 2.24) is 0 Å². The van der Waals surface area contributed by atoms with Gasteiger partial charge in [0.15, 0.2) is 0 Å². The first-order valence-electron chi connectivity index (χ1n) is 7.76. The van der Waals surface area contributed by atoms with E-state index < -0.39 is 11.9 Å². The minimum atomic E-state index is -1.01. The Morgan fingerprint density at radius 2 is 1.00 bits per heavy atom. The van der Waals surface area contributed by atoms with Gasteiger partial charge in [-0.3, -0.25) is 9.59 Å². The van der Waals surface area contributed by atoms with Gasteiger partial charge in [-0.1, -0.05) is 66.2 Å². The Morgan fingerprint density at radius 1 is 0.625 bits per heavy atom. The molecule has 2 rings (SSSR count). The predicted octanol–water partition coefficient (Wildman–Crippen LogP) is 3.72. The highest BCUT2D eigenvalue weighted by Crippen LogP contribution is 2.22. The van der Waals surface area contributed by atoms with Gasteiger partial charge in [0, 0.05) is 0 Å². The first kappa shape index (κ1) is 17.5. The van der Waals surface area contributed by atoms with Gasteiger partial charge < -0.3 is 10.2 Å². The van der Waals surface area contributed by atoms with Gasteiger partial charge >= 0.3 is 11.9 Å². The fourth-order valence-corrected chi connectivity index (χ4v) is 2.67. The molecule has 0 bridgehead atoms. The summed E-state index contributed by atoms with van der Waals surface area (Å²) in [5.41, 5.74) is 3.41. The quantitative estimate of drug-likeness (QED) is 0.726. The van der Waals surface area contributed by atoms with Crippen LogP contribution < -0.4 is 0 Å². The standard InChI is InChI=1S/C20H20O4/c21-19(22)13-18(14-20(23)24)17(11-15-7-3-1-4-8-15)12-16-9-5-2-6-10-16/h1-10H,11-14H2,(H,21,22)(H,23,24). The van der Waals surface area contributed by atoms with E-state index in [1.807, 2.05) is 60.7 Å². The van der Waals surface area contributed by atoms with E-state index >= 15 is 0 Å². The molecule has 0 heterocycles. The van der Waals surface area contributed by atoms with Crippen molar-refractivity contribution < 1.29 is 19.8 Å². The van der Waals surface area contributed by atoms with Crippen molar-refractivity contribution in [3.63, 3.8) is 0 Å². The van der Waals surface area contributed by atoms with E-state index in [4.69, 9.17) is 10.2 Å². The van der Waals surface area contributed by atoms with Crippen LogP contribution in [0.2, 0.25) is 0 Å². The van der Waals surface area contributed by atoms with Crippen molar-refractivity contribution in [2.75, 3.05) is 0 Å². The summed E-state index contributed by atoms with van der Waals surface area (Å²) in [4.78, 5) is 22.3. The lowest BCUT2D eigenvalue weighted by Gasteiger charge is -2.14. The van der Waals surface area contributed by atoms with Crippen LogP contribution in [0, 0.1) is 0 Å². The Bertz CT molecular complexity index is 656. The zero-order valence-electron chi connectivity index (χ0n) is 13.3. The molecule has 4 nitrogen and oxygen atoms in total. The Morgan fingerprint density at radius 3 is 1.33 bits per heavy atom. The number of aliphatic carboxylic acids is 2. The van der Waals surface area contributed by atoms with Gasteiger partial charge in [0.2, 0.25) is 0 Å². The zero-order chi connectivity index (χ0) is 17.4. The summed E-state index contributed by atoms with van der Waals surface area (Å²) in [5.74, 6) is -2.02. The number of carboxylic acid groups (broad SMARTS) is 2. The molecular weight excluding hydrogens is 304 g/mol. The second-order valence-electron chi connectivity index (χ2n) is 5.67. The first-order valence-corrected chi connectivity index (χ1v) is 7.76. The van der Waals surface area contributed by atoms with Gasteiger partial charge in [-0.25, -0.2) is 0 Å². The minimum Gasteiger partial charge on any atom is -0.481 e. The van der Waals surface area contributed by atoms with E-state index in [1.54, 1.807) is 0 Å². The van der Waals surface area contributed by atoms with Crippen LogP contribution >= 0.6 is 0 Å². The van der Waals surface area contributed by atoms with Crippen LogP contribution in [0.5, 0.6) is 0 Å². The molecule has 0 aliphatic carbocycles. The number of benzene rings is 2. The lowest BCUT2D eigenvalue weighted by atomic mass is 9.91. The molecule has 2 aromatic rings. The second kappa shape index (κ2) is 8.67. The summed E-state index contributed by atoms with van der Waals surface area (Å²) in [6.07, 6.45) is 0.597. The maximum atomic E-state index is 11.2. The highest BCUT2D eigenvalue weighted by Gasteiger charge is 2.15. The molecule has 0 unspecified atom stereocenters. The van der Waals surface area contributed by atoms with Gasteiger partial charge in [0.05, 0.1) is 12.8 Å². The van der Waals surface area contributed by atoms with E-state index in [0.29, 0.717) is 18.4 Å². The monoisotopic (exact) mass is 324 g/mol. The van der Waals surface area contributed by atoms with Crippen molar-refractivity contribution in [3.8, 4) is 0 Å². The second-order valence-corrected chi connectivity index (χ2v) is 5.67. The van der Waals surface area contributed by atoms with Crippen molar-refractivity contribution >= 4 is 11.9 Å². The molecule has 124 valence electrons. The van der Waals surface area contributed by atoms with Gasteiger partial charge in [-0.05, 0) is 29.5 Å². The molecule has 2 aromatic carbocycles. The largest absolute Gasteiger partial charge is 0.481 e. The summed E-state index contributed by atoms with van der Waals surface area (Å²) >= 11 is 0. The van der Waals surface area contributed by atoms with Crippen LogP contribution in [-0.2, 0) is 22.4 Å². The van der Waals surface area contributed by atoms with Gasteiger partial charge in [0.1, 0.15) is 0 Å².